The molecule has 0 aromatic heterocycles. The number of hydrogen-bond acceptors (Lipinski definition) is 6. The highest BCUT2D eigenvalue weighted by molar-refractivity contribution is 8.00. The summed E-state index contributed by atoms with van der Waals surface area (Å²) in [5.74, 6) is 0.199. The quantitative estimate of drug-likeness (QED) is 0.556. The monoisotopic (exact) mass is 322 g/mol. The fourth-order valence-corrected chi connectivity index (χ4v) is 2.18. The molecule has 0 amide bonds. The van der Waals surface area contributed by atoms with Crippen molar-refractivity contribution in [2.24, 2.45) is 0 Å². The molecule has 0 radical (unpaired) electrons. The third-order valence-corrected chi connectivity index (χ3v) is 4.19. The van der Waals surface area contributed by atoms with Crippen LogP contribution in [-0.4, -0.2) is 60.2 Å². The summed E-state index contributed by atoms with van der Waals surface area (Å²) in [5.41, 5.74) is 0. The highest BCUT2D eigenvalue weighted by Crippen LogP contribution is 2.14. The van der Waals surface area contributed by atoms with Gasteiger partial charge < -0.3 is 19.3 Å². The predicted octanol–water partition coefficient (Wildman–Crippen LogP) is 2.25. The van der Waals surface area contributed by atoms with Crippen LogP contribution in [-0.2, 0) is 19.0 Å². The van der Waals surface area contributed by atoms with Crippen molar-refractivity contribution in [3.05, 3.63) is 0 Å². The summed E-state index contributed by atoms with van der Waals surface area (Å²) in [4.78, 5) is 11.4. The van der Waals surface area contributed by atoms with Gasteiger partial charge in [0.25, 0.3) is 0 Å². The topological polar surface area (TPSA) is 65.0 Å². The minimum atomic E-state index is -0.599. The van der Waals surface area contributed by atoms with Gasteiger partial charge in [0.15, 0.2) is 0 Å². The van der Waals surface area contributed by atoms with Crippen LogP contribution >= 0.6 is 11.8 Å². The molecule has 0 fully saturated rings. The van der Waals surface area contributed by atoms with Gasteiger partial charge >= 0.3 is 5.97 Å². The Kier molecular flexibility index (Phi) is 12.1. The zero-order valence-electron chi connectivity index (χ0n) is 13.8. The van der Waals surface area contributed by atoms with E-state index in [4.69, 9.17) is 14.2 Å². The van der Waals surface area contributed by atoms with E-state index in [9.17, 15) is 9.90 Å². The average Bonchev–Trinajstić information content (AvgIpc) is 2.48. The number of rotatable bonds is 12. The first-order valence-corrected chi connectivity index (χ1v) is 8.64. The number of carbonyl (C=O) groups is 1. The third-order valence-electron chi connectivity index (χ3n) is 2.92. The van der Waals surface area contributed by atoms with Gasteiger partial charge in [0.1, 0.15) is 0 Å². The van der Waals surface area contributed by atoms with Crippen molar-refractivity contribution in [1.29, 1.82) is 0 Å². The molecule has 0 aromatic carbocycles. The molecule has 0 saturated heterocycles. The lowest BCUT2D eigenvalue weighted by Gasteiger charge is -2.19. The van der Waals surface area contributed by atoms with Crippen LogP contribution in [0.1, 0.15) is 41.0 Å². The van der Waals surface area contributed by atoms with E-state index in [1.807, 2.05) is 13.8 Å². The first-order valence-electron chi connectivity index (χ1n) is 7.60. The minimum Gasteiger partial charge on any atom is -0.465 e. The van der Waals surface area contributed by atoms with Gasteiger partial charge in [0, 0.05) is 5.75 Å². The molecule has 0 saturated carbocycles. The molecule has 0 aliphatic rings. The summed E-state index contributed by atoms with van der Waals surface area (Å²) in [6.07, 6.45) is 0.540. The molecule has 1 N–H and O–H groups in total. The molecule has 0 aromatic rings. The molecule has 4 atom stereocenters. The molecule has 0 spiro atoms. The molecule has 6 heteroatoms. The third kappa shape index (κ3) is 11.0. The molecule has 0 aliphatic heterocycles. The number of aliphatic hydroxyl groups is 1. The second-order valence-corrected chi connectivity index (χ2v) is 6.45. The van der Waals surface area contributed by atoms with Crippen LogP contribution in [0.5, 0.6) is 0 Å². The van der Waals surface area contributed by atoms with Crippen molar-refractivity contribution in [2.75, 3.05) is 25.6 Å². The fourth-order valence-electron chi connectivity index (χ4n) is 1.37. The Morgan fingerprint density at radius 3 is 2.29 bits per heavy atom. The molecule has 0 rings (SSSR count). The van der Waals surface area contributed by atoms with E-state index in [2.05, 4.69) is 6.92 Å². The molecule has 126 valence electrons. The van der Waals surface area contributed by atoms with E-state index in [1.54, 1.807) is 13.8 Å². The Labute approximate surface area is 132 Å². The fraction of sp³-hybridized carbons (Fsp3) is 0.933. The van der Waals surface area contributed by atoms with E-state index in [0.29, 0.717) is 19.0 Å². The number of thioether (sulfide) groups is 1. The standard InChI is InChI=1S/C15H30O5S/c1-6-11(3)19-8-12(4)20-9-14(16)10-21-13(5)15(17)18-7-2/h11-14,16H,6-10H2,1-5H3. The van der Waals surface area contributed by atoms with Crippen molar-refractivity contribution in [3.8, 4) is 0 Å². The van der Waals surface area contributed by atoms with E-state index >= 15 is 0 Å². The van der Waals surface area contributed by atoms with Crippen LogP contribution in [0.4, 0.5) is 0 Å². The van der Waals surface area contributed by atoms with Crippen molar-refractivity contribution in [2.45, 2.75) is 64.6 Å². The van der Waals surface area contributed by atoms with E-state index in [0.717, 1.165) is 6.42 Å². The number of hydrogen-bond donors (Lipinski definition) is 1. The summed E-state index contributed by atoms with van der Waals surface area (Å²) >= 11 is 1.37. The van der Waals surface area contributed by atoms with Crippen LogP contribution < -0.4 is 0 Å². The van der Waals surface area contributed by atoms with E-state index < -0.39 is 6.10 Å². The summed E-state index contributed by atoms with van der Waals surface area (Å²) in [6.45, 7) is 10.7. The predicted molar refractivity (Wildman–Crippen MR) is 85.7 cm³/mol. The summed E-state index contributed by atoms with van der Waals surface area (Å²) in [7, 11) is 0. The Morgan fingerprint density at radius 1 is 1.10 bits per heavy atom. The van der Waals surface area contributed by atoms with Crippen molar-refractivity contribution in [3.63, 3.8) is 0 Å². The van der Waals surface area contributed by atoms with Crippen LogP contribution in [0, 0.1) is 0 Å². The zero-order valence-corrected chi connectivity index (χ0v) is 14.6. The molecular formula is C15H30O5S. The van der Waals surface area contributed by atoms with Gasteiger partial charge in [-0.2, -0.15) is 0 Å². The molecule has 0 aliphatic carbocycles. The Hall–Kier alpha value is -0.300. The van der Waals surface area contributed by atoms with Gasteiger partial charge in [-0.05, 0) is 34.1 Å². The minimum absolute atomic E-state index is 0.0545. The lowest BCUT2D eigenvalue weighted by Crippen LogP contribution is -2.27. The number of ether oxygens (including phenoxy) is 3. The molecule has 0 bridgehead atoms. The Morgan fingerprint density at radius 2 is 1.71 bits per heavy atom. The summed E-state index contributed by atoms with van der Waals surface area (Å²) in [6, 6.07) is 0. The van der Waals surface area contributed by atoms with Crippen molar-refractivity contribution < 1.29 is 24.1 Å². The molecule has 0 heterocycles. The number of aliphatic hydroxyl groups excluding tert-OH is 1. The van der Waals surface area contributed by atoms with Crippen LogP contribution in [0.3, 0.4) is 0 Å². The summed E-state index contributed by atoms with van der Waals surface area (Å²) < 4.78 is 16.0. The van der Waals surface area contributed by atoms with Crippen LogP contribution in [0.15, 0.2) is 0 Å². The van der Waals surface area contributed by atoms with E-state index in [-0.39, 0.29) is 30.0 Å². The van der Waals surface area contributed by atoms with E-state index in [1.165, 1.54) is 11.8 Å². The maximum Gasteiger partial charge on any atom is 0.318 e. The summed E-state index contributed by atoms with van der Waals surface area (Å²) in [5, 5.41) is 9.57. The average molecular weight is 322 g/mol. The smallest absolute Gasteiger partial charge is 0.318 e. The van der Waals surface area contributed by atoms with Gasteiger partial charge in [-0.15, -0.1) is 11.8 Å². The van der Waals surface area contributed by atoms with Gasteiger partial charge in [-0.25, -0.2) is 0 Å². The van der Waals surface area contributed by atoms with Crippen molar-refractivity contribution in [1.82, 2.24) is 0 Å². The van der Waals surface area contributed by atoms with Gasteiger partial charge in [0.2, 0.25) is 0 Å². The van der Waals surface area contributed by atoms with Gasteiger partial charge in [-0.3, -0.25) is 4.79 Å². The van der Waals surface area contributed by atoms with Gasteiger partial charge in [0.05, 0.1) is 43.4 Å². The maximum atomic E-state index is 11.4. The second-order valence-electron chi connectivity index (χ2n) is 5.08. The lowest BCUT2D eigenvalue weighted by molar-refractivity contribution is -0.142. The SMILES string of the molecule is CCOC(=O)C(C)SCC(O)COC(C)COC(C)CC. The number of esters is 1. The maximum absolute atomic E-state index is 11.4. The second kappa shape index (κ2) is 12.3. The highest BCUT2D eigenvalue weighted by Gasteiger charge is 2.17. The Balaban J connectivity index is 3.74. The Bertz CT molecular complexity index is 275. The molecule has 21 heavy (non-hydrogen) atoms. The zero-order chi connectivity index (χ0) is 16.3. The molecular weight excluding hydrogens is 292 g/mol. The largest absolute Gasteiger partial charge is 0.465 e. The first-order chi connectivity index (χ1) is 9.90. The van der Waals surface area contributed by atoms with Crippen molar-refractivity contribution >= 4 is 17.7 Å². The lowest BCUT2D eigenvalue weighted by atomic mass is 10.3. The van der Waals surface area contributed by atoms with Gasteiger partial charge in [-0.1, -0.05) is 6.92 Å². The normalized spacial score (nSPS) is 17.0. The molecule has 4 unspecified atom stereocenters. The first kappa shape index (κ1) is 20.7. The number of carbonyl (C=O) groups excluding carboxylic acids is 1. The molecule has 5 nitrogen and oxygen atoms in total. The van der Waals surface area contributed by atoms with Crippen LogP contribution in [0.25, 0.3) is 0 Å². The highest BCUT2D eigenvalue weighted by atomic mass is 32.2. The van der Waals surface area contributed by atoms with Crippen LogP contribution in [0.2, 0.25) is 0 Å².